The summed E-state index contributed by atoms with van der Waals surface area (Å²) in [7, 11) is -2.32. The third-order valence-corrected chi connectivity index (χ3v) is 4.92. The van der Waals surface area contributed by atoms with E-state index in [0.717, 1.165) is 18.4 Å². The van der Waals surface area contributed by atoms with E-state index in [4.69, 9.17) is 4.74 Å². The minimum absolute atomic E-state index is 0.166. The SMILES string of the molecule is CCCc1ccc(S(=O)(=O)Nc2cc(NC(C)=O)ccc2OC)cc1. The van der Waals surface area contributed by atoms with Gasteiger partial charge >= 0.3 is 0 Å². The van der Waals surface area contributed by atoms with Crippen LogP contribution >= 0.6 is 0 Å². The smallest absolute Gasteiger partial charge is 0.262 e. The Labute approximate surface area is 148 Å². The van der Waals surface area contributed by atoms with Crippen LogP contribution in [-0.4, -0.2) is 21.4 Å². The second kappa shape index (κ2) is 8.02. The number of nitrogens with one attached hydrogen (secondary N) is 2. The maximum absolute atomic E-state index is 12.6. The number of hydrogen-bond donors (Lipinski definition) is 2. The van der Waals surface area contributed by atoms with Crippen LogP contribution in [0.2, 0.25) is 0 Å². The highest BCUT2D eigenvalue weighted by Crippen LogP contribution is 2.30. The predicted molar refractivity (Wildman–Crippen MR) is 98.5 cm³/mol. The molecule has 7 heteroatoms. The number of sulfonamides is 1. The zero-order valence-corrected chi connectivity index (χ0v) is 15.3. The van der Waals surface area contributed by atoms with Crippen LogP contribution in [-0.2, 0) is 21.2 Å². The van der Waals surface area contributed by atoms with E-state index in [0.29, 0.717) is 11.4 Å². The number of benzene rings is 2. The molecule has 2 aromatic rings. The molecule has 2 N–H and O–H groups in total. The number of carbonyl (C=O) groups is 1. The Bertz CT molecular complexity index is 846. The molecule has 25 heavy (non-hydrogen) atoms. The van der Waals surface area contributed by atoms with Gasteiger partial charge in [0.25, 0.3) is 10.0 Å². The summed E-state index contributed by atoms with van der Waals surface area (Å²) in [5.41, 5.74) is 1.82. The van der Waals surface area contributed by atoms with Crippen LogP contribution in [0, 0.1) is 0 Å². The molecule has 2 rings (SSSR count). The van der Waals surface area contributed by atoms with Crippen molar-refractivity contribution in [3.05, 3.63) is 48.0 Å². The quantitative estimate of drug-likeness (QED) is 0.790. The second-order valence-corrected chi connectivity index (χ2v) is 7.28. The molecule has 2 aromatic carbocycles. The molecule has 1 amide bonds. The van der Waals surface area contributed by atoms with Gasteiger partial charge in [0, 0.05) is 12.6 Å². The second-order valence-electron chi connectivity index (χ2n) is 5.60. The highest BCUT2D eigenvalue weighted by atomic mass is 32.2. The first-order chi connectivity index (χ1) is 11.9. The van der Waals surface area contributed by atoms with Gasteiger partial charge in [0.15, 0.2) is 0 Å². The molecule has 134 valence electrons. The van der Waals surface area contributed by atoms with Crippen molar-refractivity contribution < 1.29 is 17.9 Å². The van der Waals surface area contributed by atoms with Gasteiger partial charge in [-0.2, -0.15) is 0 Å². The van der Waals surface area contributed by atoms with Crippen molar-refractivity contribution in [1.82, 2.24) is 0 Å². The van der Waals surface area contributed by atoms with Crippen molar-refractivity contribution in [3.8, 4) is 5.75 Å². The van der Waals surface area contributed by atoms with Gasteiger partial charge in [-0.05, 0) is 42.3 Å². The summed E-state index contributed by atoms with van der Waals surface area (Å²) in [6.07, 6.45) is 1.90. The van der Waals surface area contributed by atoms with Gasteiger partial charge in [-0.15, -0.1) is 0 Å². The normalized spacial score (nSPS) is 11.0. The van der Waals surface area contributed by atoms with Crippen LogP contribution in [0.25, 0.3) is 0 Å². The van der Waals surface area contributed by atoms with E-state index in [1.54, 1.807) is 24.3 Å². The molecular formula is C18H22N2O4S. The number of rotatable bonds is 7. The first-order valence-electron chi connectivity index (χ1n) is 7.93. The van der Waals surface area contributed by atoms with Crippen LogP contribution in [0.4, 0.5) is 11.4 Å². The molecule has 0 spiro atoms. The van der Waals surface area contributed by atoms with Gasteiger partial charge in [-0.3, -0.25) is 9.52 Å². The number of carbonyl (C=O) groups excluding carboxylic acids is 1. The lowest BCUT2D eigenvalue weighted by atomic mass is 10.1. The maximum atomic E-state index is 12.6. The standard InChI is InChI=1S/C18H22N2O4S/c1-4-5-14-6-9-16(10-7-14)25(22,23)20-17-12-15(19-13(2)21)8-11-18(17)24-3/h6-12,20H,4-5H2,1-3H3,(H,19,21). The van der Waals surface area contributed by atoms with E-state index in [1.165, 1.54) is 20.1 Å². The van der Waals surface area contributed by atoms with Gasteiger partial charge < -0.3 is 10.1 Å². The lowest BCUT2D eigenvalue weighted by Gasteiger charge is -2.14. The van der Waals surface area contributed by atoms with E-state index >= 15 is 0 Å². The lowest BCUT2D eigenvalue weighted by molar-refractivity contribution is -0.114. The van der Waals surface area contributed by atoms with Gasteiger partial charge in [-0.1, -0.05) is 25.5 Å². The summed E-state index contributed by atoms with van der Waals surface area (Å²) in [6.45, 7) is 3.45. The van der Waals surface area contributed by atoms with E-state index < -0.39 is 10.0 Å². The average molecular weight is 362 g/mol. The number of hydrogen-bond acceptors (Lipinski definition) is 4. The van der Waals surface area contributed by atoms with Crippen molar-refractivity contribution in [1.29, 1.82) is 0 Å². The van der Waals surface area contributed by atoms with Crippen molar-refractivity contribution in [2.24, 2.45) is 0 Å². The Balaban J connectivity index is 2.30. The molecular weight excluding hydrogens is 340 g/mol. The summed E-state index contributed by atoms with van der Waals surface area (Å²) in [6, 6.07) is 11.5. The third-order valence-electron chi connectivity index (χ3n) is 3.54. The van der Waals surface area contributed by atoms with Gasteiger partial charge in [0.2, 0.25) is 5.91 Å². The van der Waals surface area contributed by atoms with Crippen LogP contribution in [0.5, 0.6) is 5.75 Å². The summed E-state index contributed by atoms with van der Waals surface area (Å²) in [5, 5.41) is 2.61. The fraction of sp³-hybridized carbons (Fsp3) is 0.278. The molecule has 0 aliphatic heterocycles. The van der Waals surface area contributed by atoms with Crippen molar-refractivity contribution >= 4 is 27.3 Å². The van der Waals surface area contributed by atoms with Crippen LogP contribution in [0.1, 0.15) is 25.8 Å². The summed E-state index contributed by atoms with van der Waals surface area (Å²) >= 11 is 0. The number of aryl methyl sites for hydroxylation is 1. The topological polar surface area (TPSA) is 84.5 Å². The molecule has 0 bridgehead atoms. The maximum Gasteiger partial charge on any atom is 0.262 e. The zero-order valence-electron chi connectivity index (χ0n) is 14.5. The van der Waals surface area contributed by atoms with Gasteiger partial charge in [0.05, 0.1) is 17.7 Å². The van der Waals surface area contributed by atoms with E-state index in [2.05, 4.69) is 17.0 Å². The van der Waals surface area contributed by atoms with Gasteiger partial charge in [-0.25, -0.2) is 8.42 Å². The van der Waals surface area contributed by atoms with Gasteiger partial charge in [0.1, 0.15) is 5.75 Å². The number of methoxy groups -OCH3 is 1. The molecule has 0 aliphatic rings. The molecule has 0 heterocycles. The fourth-order valence-electron chi connectivity index (χ4n) is 2.40. The van der Waals surface area contributed by atoms with E-state index in [-0.39, 0.29) is 16.5 Å². The van der Waals surface area contributed by atoms with Crippen LogP contribution in [0.3, 0.4) is 0 Å². The van der Waals surface area contributed by atoms with Crippen LogP contribution in [0.15, 0.2) is 47.4 Å². The highest BCUT2D eigenvalue weighted by Gasteiger charge is 2.17. The summed E-state index contributed by atoms with van der Waals surface area (Å²) in [4.78, 5) is 11.4. The fourth-order valence-corrected chi connectivity index (χ4v) is 3.46. The van der Waals surface area contributed by atoms with E-state index in [1.807, 2.05) is 12.1 Å². The van der Waals surface area contributed by atoms with Crippen molar-refractivity contribution in [3.63, 3.8) is 0 Å². The molecule has 0 fully saturated rings. The van der Waals surface area contributed by atoms with Crippen molar-refractivity contribution in [2.75, 3.05) is 17.1 Å². The molecule has 0 atom stereocenters. The molecule has 0 radical (unpaired) electrons. The summed E-state index contributed by atoms with van der Waals surface area (Å²) < 4.78 is 33.0. The molecule has 0 saturated carbocycles. The largest absolute Gasteiger partial charge is 0.495 e. The third kappa shape index (κ3) is 4.96. The first-order valence-corrected chi connectivity index (χ1v) is 9.41. The monoisotopic (exact) mass is 362 g/mol. The lowest BCUT2D eigenvalue weighted by Crippen LogP contribution is -2.14. The molecule has 6 nitrogen and oxygen atoms in total. The average Bonchev–Trinajstić information content (AvgIpc) is 2.55. The molecule has 0 unspecified atom stereocenters. The highest BCUT2D eigenvalue weighted by molar-refractivity contribution is 7.92. The molecule has 0 aliphatic carbocycles. The Hall–Kier alpha value is -2.54. The number of anilines is 2. The minimum Gasteiger partial charge on any atom is -0.495 e. The predicted octanol–water partition coefficient (Wildman–Crippen LogP) is 3.41. The zero-order chi connectivity index (χ0) is 18.4. The summed E-state index contributed by atoms with van der Waals surface area (Å²) in [5.74, 6) is 0.116. The molecule has 0 aromatic heterocycles. The number of amides is 1. The Morgan fingerprint density at radius 2 is 1.80 bits per heavy atom. The van der Waals surface area contributed by atoms with Crippen LogP contribution < -0.4 is 14.8 Å². The first kappa shape index (κ1) is 18.8. The minimum atomic E-state index is -3.77. The Kier molecular flexibility index (Phi) is 6.03. The van der Waals surface area contributed by atoms with Crippen molar-refractivity contribution in [2.45, 2.75) is 31.6 Å². The molecule has 0 saturated heterocycles. The Morgan fingerprint density at radius 1 is 1.12 bits per heavy atom. The Morgan fingerprint density at radius 3 is 2.36 bits per heavy atom. The number of ether oxygens (including phenoxy) is 1. The van der Waals surface area contributed by atoms with E-state index in [9.17, 15) is 13.2 Å².